The van der Waals surface area contributed by atoms with E-state index in [1.54, 1.807) is 62.6 Å². The lowest BCUT2D eigenvalue weighted by Crippen LogP contribution is -2.31. The molecule has 30 heavy (non-hydrogen) atoms. The van der Waals surface area contributed by atoms with E-state index in [2.05, 4.69) is 15.1 Å². The lowest BCUT2D eigenvalue weighted by atomic mass is 10.1. The van der Waals surface area contributed by atoms with Gasteiger partial charge in [0.2, 0.25) is 0 Å². The average Bonchev–Trinajstić information content (AvgIpc) is 3.15. The number of amides is 1. The number of methoxy groups -OCH3 is 1. The highest BCUT2D eigenvalue weighted by Crippen LogP contribution is 2.25. The van der Waals surface area contributed by atoms with E-state index in [4.69, 9.17) is 16.3 Å². The fourth-order valence-electron chi connectivity index (χ4n) is 3.08. The van der Waals surface area contributed by atoms with Crippen molar-refractivity contribution in [3.05, 3.63) is 87.1 Å². The summed E-state index contributed by atoms with van der Waals surface area (Å²) in [5, 5.41) is 3.26. The van der Waals surface area contributed by atoms with E-state index in [9.17, 15) is 9.59 Å². The third-order valence-electron chi connectivity index (χ3n) is 4.55. The number of fused-ring (bicyclic) bond motifs is 1. The topological polar surface area (TPSA) is 92.6 Å². The maximum absolute atomic E-state index is 13.3. The highest BCUT2D eigenvalue weighted by Gasteiger charge is 2.22. The molecular weight excluding hydrogens is 406 g/mol. The van der Waals surface area contributed by atoms with Crippen LogP contribution in [0.2, 0.25) is 5.02 Å². The molecule has 4 rings (SSSR count). The van der Waals surface area contributed by atoms with Crippen LogP contribution in [0.15, 0.2) is 59.4 Å². The van der Waals surface area contributed by atoms with Crippen LogP contribution in [0.5, 0.6) is 5.75 Å². The summed E-state index contributed by atoms with van der Waals surface area (Å²) in [7, 11) is 1.57. The zero-order chi connectivity index (χ0) is 21.3. The third-order valence-corrected chi connectivity index (χ3v) is 4.88. The molecule has 0 bridgehead atoms. The van der Waals surface area contributed by atoms with E-state index < -0.39 is 0 Å². The van der Waals surface area contributed by atoms with E-state index in [0.717, 1.165) is 0 Å². The van der Waals surface area contributed by atoms with Gasteiger partial charge in [0.25, 0.3) is 17.2 Å². The fraction of sp³-hybridized carbons (Fsp3) is 0.143. The van der Waals surface area contributed by atoms with Crippen LogP contribution >= 0.6 is 11.6 Å². The smallest absolute Gasteiger partial charge is 0.274 e. The van der Waals surface area contributed by atoms with Crippen molar-refractivity contribution in [2.45, 2.75) is 13.5 Å². The van der Waals surface area contributed by atoms with E-state index in [1.807, 2.05) is 0 Å². The van der Waals surface area contributed by atoms with Gasteiger partial charge in [0, 0.05) is 17.4 Å². The predicted molar refractivity (Wildman–Crippen MR) is 113 cm³/mol. The predicted octanol–water partition coefficient (Wildman–Crippen LogP) is 3.24. The standard InChI is InChI=1S/C21H18ClN5O3/c1-13-11-19(28)27-21(23-13)24-18(25-27)12-26(14-7-9-15(30-2)10-8-14)20(29)16-5-3-4-6-17(16)22/h3-11H,12H2,1-2H3,(H,23,24,25). The Hall–Kier alpha value is -3.65. The Labute approximate surface area is 176 Å². The first-order valence-electron chi connectivity index (χ1n) is 9.12. The molecule has 8 nitrogen and oxygen atoms in total. The minimum Gasteiger partial charge on any atom is -0.497 e. The summed E-state index contributed by atoms with van der Waals surface area (Å²) in [5.74, 6) is 1.01. The molecule has 1 amide bonds. The van der Waals surface area contributed by atoms with Crippen molar-refractivity contribution in [3.8, 4) is 5.75 Å². The largest absolute Gasteiger partial charge is 0.497 e. The lowest BCUT2D eigenvalue weighted by molar-refractivity contribution is 0.0984. The van der Waals surface area contributed by atoms with Crippen LogP contribution in [-0.4, -0.2) is 32.6 Å². The summed E-state index contributed by atoms with van der Waals surface area (Å²) in [6.07, 6.45) is 0. The molecule has 0 spiro atoms. The summed E-state index contributed by atoms with van der Waals surface area (Å²) in [4.78, 5) is 35.7. The Morgan fingerprint density at radius 3 is 2.60 bits per heavy atom. The molecule has 0 saturated carbocycles. The molecule has 152 valence electrons. The minimum atomic E-state index is -0.303. The number of carbonyl (C=O) groups is 1. The van der Waals surface area contributed by atoms with Gasteiger partial charge in [0.15, 0.2) is 0 Å². The molecule has 9 heteroatoms. The summed E-state index contributed by atoms with van der Waals surface area (Å²) < 4.78 is 6.45. The summed E-state index contributed by atoms with van der Waals surface area (Å²) in [6.45, 7) is 1.80. The number of benzene rings is 2. The van der Waals surface area contributed by atoms with Crippen LogP contribution < -0.4 is 15.2 Å². The van der Waals surface area contributed by atoms with Gasteiger partial charge in [0.1, 0.15) is 11.6 Å². The van der Waals surface area contributed by atoms with Crippen LogP contribution in [0, 0.1) is 6.92 Å². The second-order valence-corrected chi connectivity index (χ2v) is 7.02. The first-order chi connectivity index (χ1) is 14.5. The van der Waals surface area contributed by atoms with Gasteiger partial charge in [-0.15, -0.1) is 0 Å². The Kier molecular flexibility index (Phi) is 5.24. The van der Waals surface area contributed by atoms with Gasteiger partial charge in [-0.2, -0.15) is 9.50 Å². The zero-order valence-electron chi connectivity index (χ0n) is 16.3. The Morgan fingerprint density at radius 1 is 1.17 bits per heavy atom. The molecule has 0 atom stereocenters. The SMILES string of the molecule is COc1ccc(N(Cc2nc3nc(C)cc(=O)n3[nH]2)C(=O)c2ccccc2Cl)cc1. The van der Waals surface area contributed by atoms with Crippen LogP contribution in [0.3, 0.4) is 0 Å². The number of nitrogens with one attached hydrogen (secondary N) is 1. The molecule has 4 aromatic rings. The van der Waals surface area contributed by atoms with Crippen LogP contribution in [-0.2, 0) is 6.54 Å². The monoisotopic (exact) mass is 423 g/mol. The molecule has 2 heterocycles. The number of H-pyrrole nitrogens is 1. The Morgan fingerprint density at radius 2 is 1.90 bits per heavy atom. The maximum Gasteiger partial charge on any atom is 0.274 e. The van der Waals surface area contributed by atoms with Crippen molar-refractivity contribution in [1.29, 1.82) is 0 Å². The molecule has 0 aliphatic carbocycles. The van der Waals surface area contributed by atoms with Crippen LogP contribution in [0.1, 0.15) is 21.9 Å². The molecule has 0 radical (unpaired) electrons. The average molecular weight is 424 g/mol. The molecule has 2 aromatic heterocycles. The zero-order valence-corrected chi connectivity index (χ0v) is 17.1. The molecule has 1 N–H and O–H groups in total. The molecule has 0 aliphatic heterocycles. The van der Waals surface area contributed by atoms with Gasteiger partial charge in [0.05, 0.1) is 24.2 Å². The highest BCUT2D eigenvalue weighted by molar-refractivity contribution is 6.34. The van der Waals surface area contributed by atoms with Crippen molar-refractivity contribution in [1.82, 2.24) is 19.6 Å². The molecule has 0 aliphatic rings. The van der Waals surface area contributed by atoms with Crippen LogP contribution in [0.25, 0.3) is 5.78 Å². The number of anilines is 1. The molecule has 2 aromatic carbocycles. The van der Waals surface area contributed by atoms with Crippen LogP contribution in [0.4, 0.5) is 5.69 Å². The van der Waals surface area contributed by atoms with Gasteiger partial charge < -0.3 is 9.64 Å². The first kappa shape index (κ1) is 19.7. The number of aromatic nitrogens is 4. The third kappa shape index (κ3) is 3.77. The summed E-state index contributed by atoms with van der Waals surface area (Å²) in [6, 6.07) is 15.3. The van der Waals surface area contributed by atoms with Gasteiger partial charge >= 0.3 is 0 Å². The second kappa shape index (κ2) is 8.00. The van der Waals surface area contributed by atoms with Gasteiger partial charge in [-0.1, -0.05) is 23.7 Å². The van der Waals surface area contributed by atoms with Crippen molar-refractivity contribution < 1.29 is 9.53 Å². The Bertz CT molecular complexity index is 1280. The quantitative estimate of drug-likeness (QED) is 0.532. The first-order valence-corrected chi connectivity index (χ1v) is 9.50. The normalized spacial score (nSPS) is 10.9. The van der Waals surface area contributed by atoms with Crippen molar-refractivity contribution in [2.75, 3.05) is 12.0 Å². The van der Waals surface area contributed by atoms with Crippen molar-refractivity contribution in [2.24, 2.45) is 0 Å². The van der Waals surface area contributed by atoms with Crippen molar-refractivity contribution >= 4 is 29.0 Å². The minimum absolute atomic E-state index is 0.0816. The number of hydrogen-bond donors (Lipinski definition) is 1. The number of nitrogens with zero attached hydrogens (tertiary/aromatic N) is 4. The van der Waals surface area contributed by atoms with Gasteiger partial charge in [-0.3, -0.25) is 14.7 Å². The highest BCUT2D eigenvalue weighted by atomic mass is 35.5. The number of aromatic amines is 1. The molecule has 0 unspecified atom stereocenters. The van der Waals surface area contributed by atoms with Gasteiger partial charge in [-0.25, -0.2) is 4.98 Å². The van der Waals surface area contributed by atoms with Gasteiger partial charge in [-0.05, 0) is 43.3 Å². The van der Waals surface area contributed by atoms with E-state index in [-0.39, 0.29) is 23.8 Å². The lowest BCUT2D eigenvalue weighted by Gasteiger charge is -2.22. The molecule has 0 fully saturated rings. The Balaban J connectivity index is 1.77. The number of aryl methyl sites for hydroxylation is 1. The summed E-state index contributed by atoms with van der Waals surface area (Å²) >= 11 is 6.26. The van der Waals surface area contributed by atoms with Crippen molar-refractivity contribution in [3.63, 3.8) is 0 Å². The fourth-order valence-corrected chi connectivity index (χ4v) is 3.30. The molecule has 0 saturated heterocycles. The number of ether oxygens (including phenoxy) is 1. The maximum atomic E-state index is 13.3. The number of rotatable bonds is 5. The van der Waals surface area contributed by atoms with E-state index in [0.29, 0.717) is 33.5 Å². The number of halogens is 1. The number of hydrogen-bond acceptors (Lipinski definition) is 5. The number of carbonyl (C=O) groups excluding carboxylic acids is 1. The summed E-state index contributed by atoms with van der Waals surface area (Å²) in [5.41, 5.74) is 1.27. The van der Waals surface area contributed by atoms with E-state index >= 15 is 0 Å². The second-order valence-electron chi connectivity index (χ2n) is 6.61. The molecular formula is C21H18ClN5O3. The van der Waals surface area contributed by atoms with E-state index in [1.165, 1.54) is 15.5 Å².